The second-order valence-electron chi connectivity index (χ2n) is 6.09. The lowest BCUT2D eigenvalue weighted by Gasteiger charge is -2.21. The Morgan fingerprint density at radius 1 is 1.29 bits per heavy atom. The van der Waals surface area contributed by atoms with Crippen LogP contribution in [-0.4, -0.2) is 12.1 Å². The summed E-state index contributed by atoms with van der Waals surface area (Å²) < 4.78 is 5.45. The van der Waals surface area contributed by atoms with Crippen molar-refractivity contribution in [2.24, 2.45) is 0 Å². The Labute approximate surface area is 131 Å². The third-order valence-electron chi connectivity index (χ3n) is 3.42. The van der Waals surface area contributed by atoms with Crippen molar-refractivity contribution in [2.45, 2.75) is 46.1 Å². The molecule has 0 spiro atoms. The van der Waals surface area contributed by atoms with Gasteiger partial charge in [0, 0.05) is 11.1 Å². The van der Waals surface area contributed by atoms with Crippen molar-refractivity contribution in [2.75, 3.05) is 12.4 Å². The first-order valence-electron chi connectivity index (χ1n) is 7.30. The lowest BCUT2D eigenvalue weighted by atomic mass is 9.87. The number of nitrogens with zero attached hydrogens (tertiary/aromatic N) is 1. The summed E-state index contributed by atoms with van der Waals surface area (Å²) in [4.78, 5) is 5.64. The van der Waals surface area contributed by atoms with Gasteiger partial charge in [-0.1, -0.05) is 33.8 Å². The molecule has 2 aromatic rings. The van der Waals surface area contributed by atoms with E-state index >= 15 is 0 Å². The van der Waals surface area contributed by atoms with Crippen LogP contribution in [0.2, 0.25) is 0 Å². The van der Waals surface area contributed by atoms with Crippen LogP contribution in [0.1, 0.15) is 43.1 Å². The summed E-state index contributed by atoms with van der Waals surface area (Å²) in [5.41, 5.74) is 2.46. The molecule has 0 saturated heterocycles. The van der Waals surface area contributed by atoms with Gasteiger partial charge in [-0.2, -0.15) is 0 Å². The number of hydrogen-bond acceptors (Lipinski definition) is 4. The zero-order valence-electron chi connectivity index (χ0n) is 13.5. The minimum atomic E-state index is 0.128. The van der Waals surface area contributed by atoms with Crippen LogP contribution < -0.4 is 10.1 Å². The number of aryl methyl sites for hydroxylation is 1. The van der Waals surface area contributed by atoms with Gasteiger partial charge in [0.15, 0.2) is 0 Å². The van der Waals surface area contributed by atoms with Crippen LogP contribution in [0.15, 0.2) is 24.4 Å². The molecule has 3 nitrogen and oxygen atoms in total. The zero-order chi connectivity index (χ0) is 15.5. The van der Waals surface area contributed by atoms with Crippen LogP contribution in [0.3, 0.4) is 0 Å². The van der Waals surface area contributed by atoms with Crippen LogP contribution in [0.25, 0.3) is 0 Å². The van der Waals surface area contributed by atoms with E-state index in [1.54, 1.807) is 18.4 Å². The van der Waals surface area contributed by atoms with E-state index in [-0.39, 0.29) is 5.41 Å². The molecule has 1 N–H and O–H groups in total. The molecule has 114 valence electrons. The molecule has 0 atom stereocenters. The number of aromatic nitrogens is 1. The number of hydrogen-bond donors (Lipinski definition) is 1. The van der Waals surface area contributed by atoms with Crippen molar-refractivity contribution < 1.29 is 4.74 Å². The van der Waals surface area contributed by atoms with Crippen LogP contribution in [0.5, 0.6) is 5.75 Å². The van der Waals surface area contributed by atoms with Gasteiger partial charge in [-0.3, -0.25) is 0 Å². The van der Waals surface area contributed by atoms with E-state index in [2.05, 4.69) is 50.1 Å². The van der Waals surface area contributed by atoms with Crippen LogP contribution >= 0.6 is 11.3 Å². The molecule has 4 heteroatoms. The minimum Gasteiger partial charge on any atom is -0.495 e. The van der Waals surface area contributed by atoms with Gasteiger partial charge in [0.1, 0.15) is 5.75 Å². The first-order valence-corrected chi connectivity index (χ1v) is 8.11. The van der Waals surface area contributed by atoms with Gasteiger partial charge in [-0.05, 0) is 29.5 Å². The first-order chi connectivity index (χ1) is 9.94. The number of thiazole rings is 1. The predicted molar refractivity (Wildman–Crippen MR) is 90.5 cm³/mol. The fourth-order valence-corrected chi connectivity index (χ4v) is 2.89. The fraction of sp³-hybridized carbons (Fsp3) is 0.471. The molecule has 0 fully saturated rings. The maximum Gasteiger partial charge on any atom is 0.141 e. The smallest absolute Gasteiger partial charge is 0.141 e. The average Bonchev–Trinajstić information content (AvgIpc) is 2.91. The van der Waals surface area contributed by atoms with E-state index in [0.717, 1.165) is 24.4 Å². The van der Waals surface area contributed by atoms with Gasteiger partial charge in [-0.25, -0.2) is 4.98 Å². The lowest BCUT2D eigenvalue weighted by molar-refractivity contribution is 0.416. The summed E-state index contributed by atoms with van der Waals surface area (Å²) in [6.07, 6.45) is 2.95. The highest BCUT2D eigenvalue weighted by Crippen LogP contribution is 2.32. The molecule has 0 unspecified atom stereocenters. The summed E-state index contributed by atoms with van der Waals surface area (Å²) >= 11 is 1.76. The molecule has 0 aliphatic rings. The Morgan fingerprint density at radius 2 is 2.05 bits per heavy atom. The number of benzene rings is 1. The molecule has 0 amide bonds. The first kappa shape index (κ1) is 15.8. The zero-order valence-corrected chi connectivity index (χ0v) is 14.3. The molecule has 1 aromatic heterocycles. The number of nitrogens with one attached hydrogen (secondary N) is 1. The molecular formula is C17H24N2OS. The second kappa shape index (κ2) is 6.48. The minimum absolute atomic E-state index is 0.128. The predicted octanol–water partition coefficient (Wildman–Crippen LogP) is 4.62. The normalized spacial score (nSPS) is 11.5. The third kappa shape index (κ3) is 3.97. The topological polar surface area (TPSA) is 34.2 Å². The van der Waals surface area contributed by atoms with Gasteiger partial charge < -0.3 is 10.1 Å². The van der Waals surface area contributed by atoms with Crippen LogP contribution in [0, 0.1) is 0 Å². The largest absolute Gasteiger partial charge is 0.495 e. The van der Waals surface area contributed by atoms with Gasteiger partial charge in [0.2, 0.25) is 0 Å². The standard InChI is InChI=1S/C17H24N2OS/c1-6-16-19-11-13(21-16)10-18-14-9-12(17(2,3)4)7-8-15(14)20-5/h7-9,11,18H,6,10H2,1-5H3. The van der Waals surface area contributed by atoms with E-state index in [1.165, 1.54) is 15.4 Å². The Morgan fingerprint density at radius 3 is 2.62 bits per heavy atom. The van der Waals surface area contributed by atoms with Gasteiger partial charge >= 0.3 is 0 Å². The van der Waals surface area contributed by atoms with E-state index in [0.29, 0.717) is 0 Å². The quantitative estimate of drug-likeness (QED) is 0.875. The molecule has 0 radical (unpaired) electrons. The Hall–Kier alpha value is -1.55. The van der Waals surface area contributed by atoms with Crippen molar-refractivity contribution in [3.05, 3.63) is 39.8 Å². The van der Waals surface area contributed by atoms with Crippen LogP contribution in [-0.2, 0) is 18.4 Å². The molecule has 0 saturated carbocycles. The average molecular weight is 304 g/mol. The monoisotopic (exact) mass is 304 g/mol. The van der Waals surface area contributed by atoms with Crippen molar-refractivity contribution in [1.82, 2.24) is 4.98 Å². The summed E-state index contributed by atoms with van der Waals surface area (Å²) in [5.74, 6) is 0.878. The molecule has 0 aliphatic heterocycles. The number of anilines is 1. The highest BCUT2D eigenvalue weighted by Gasteiger charge is 2.16. The number of methoxy groups -OCH3 is 1. The Balaban J connectivity index is 2.17. The maximum absolute atomic E-state index is 5.45. The summed E-state index contributed by atoms with van der Waals surface area (Å²) in [6, 6.07) is 6.35. The maximum atomic E-state index is 5.45. The van der Waals surface area contributed by atoms with E-state index in [9.17, 15) is 0 Å². The van der Waals surface area contributed by atoms with Gasteiger partial charge in [-0.15, -0.1) is 11.3 Å². The van der Waals surface area contributed by atoms with E-state index in [1.807, 2.05) is 12.3 Å². The number of rotatable bonds is 5. The Bertz CT molecular complexity index is 599. The Kier molecular flexibility index (Phi) is 4.88. The second-order valence-corrected chi connectivity index (χ2v) is 7.29. The summed E-state index contributed by atoms with van der Waals surface area (Å²) in [5, 5.41) is 4.66. The van der Waals surface area contributed by atoms with E-state index in [4.69, 9.17) is 4.74 Å². The summed E-state index contributed by atoms with van der Waals surface area (Å²) in [6.45, 7) is 9.56. The SMILES string of the molecule is CCc1ncc(CNc2cc(C(C)(C)C)ccc2OC)s1. The highest BCUT2D eigenvalue weighted by atomic mass is 32.1. The number of ether oxygens (including phenoxy) is 1. The molecule has 21 heavy (non-hydrogen) atoms. The van der Waals surface area contributed by atoms with Crippen molar-refractivity contribution >= 4 is 17.0 Å². The van der Waals surface area contributed by atoms with Gasteiger partial charge in [0.05, 0.1) is 24.3 Å². The molecule has 2 rings (SSSR count). The van der Waals surface area contributed by atoms with Crippen LogP contribution in [0.4, 0.5) is 5.69 Å². The van der Waals surface area contributed by atoms with Gasteiger partial charge in [0.25, 0.3) is 0 Å². The third-order valence-corrected chi connectivity index (χ3v) is 4.56. The molecule has 0 bridgehead atoms. The van der Waals surface area contributed by atoms with Crippen molar-refractivity contribution in [1.29, 1.82) is 0 Å². The fourth-order valence-electron chi connectivity index (χ4n) is 2.09. The molecule has 0 aliphatic carbocycles. The lowest BCUT2D eigenvalue weighted by Crippen LogP contribution is -2.12. The highest BCUT2D eigenvalue weighted by molar-refractivity contribution is 7.11. The van der Waals surface area contributed by atoms with Crippen molar-refractivity contribution in [3.63, 3.8) is 0 Å². The molecule has 1 aromatic carbocycles. The summed E-state index contributed by atoms with van der Waals surface area (Å²) in [7, 11) is 1.71. The van der Waals surface area contributed by atoms with Crippen molar-refractivity contribution in [3.8, 4) is 5.75 Å². The molecule has 1 heterocycles. The molecular weight excluding hydrogens is 280 g/mol. The van der Waals surface area contributed by atoms with E-state index < -0.39 is 0 Å².